The third-order valence-corrected chi connectivity index (χ3v) is 2.97. The van der Waals surface area contributed by atoms with Crippen molar-refractivity contribution in [1.29, 1.82) is 0 Å². The fourth-order valence-corrected chi connectivity index (χ4v) is 1.82. The summed E-state index contributed by atoms with van der Waals surface area (Å²) < 4.78 is 5.04. The molecular formula is C11H19NOS. The molecule has 0 amide bonds. The molecule has 0 aliphatic heterocycles. The van der Waals surface area contributed by atoms with E-state index in [1.165, 1.54) is 24.2 Å². The molecule has 0 aliphatic rings. The van der Waals surface area contributed by atoms with Gasteiger partial charge in [0.1, 0.15) is 0 Å². The number of furan rings is 1. The Morgan fingerprint density at radius 3 is 3.00 bits per heavy atom. The minimum absolute atomic E-state index is 0.406. The van der Waals surface area contributed by atoms with E-state index in [1.807, 2.05) is 17.8 Å². The first-order chi connectivity index (χ1) is 6.84. The van der Waals surface area contributed by atoms with E-state index in [4.69, 9.17) is 4.42 Å². The van der Waals surface area contributed by atoms with Crippen molar-refractivity contribution < 1.29 is 4.42 Å². The van der Waals surface area contributed by atoms with Crippen LogP contribution in [0.1, 0.15) is 31.4 Å². The maximum atomic E-state index is 5.04. The van der Waals surface area contributed by atoms with E-state index in [2.05, 4.69) is 18.5 Å². The summed E-state index contributed by atoms with van der Waals surface area (Å²) in [5.74, 6) is 1.27. The van der Waals surface area contributed by atoms with Crippen LogP contribution in [0.4, 0.5) is 0 Å². The Hall–Kier alpha value is -0.410. The molecule has 1 aromatic rings. The highest BCUT2D eigenvalue weighted by Crippen LogP contribution is 2.11. The summed E-state index contributed by atoms with van der Waals surface area (Å²) >= 11 is 1.92. The highest BCUT2D eigenvalue weighted by Gasteiger charge is 2.04. The van der Waals surface area contributed by atoms with Gasteiger partial charge in [-0.15, -0.1) is 0 Å². The molecule has 1 atom stereocenters. The van der Waals surface area contributed by atoms with Crippen LogP contribution < -0.4 is 5.32 Å². The average Bonchev–Trinajstić information content (AvgIpc) is 2.70. The van der Waals surface area contributed by atoms with E-state index in [1.54, 1.807) is 12.5 Å². The Labute approximate surface area is 90.5 Å². The first kappa shape index (κ1) is 11.7. The Bertz CT molecular complexity index is 223. The van der Waals surface area contributed by atoms with Gasteiger partial charge < -0.3 is 9.73 Å². The van der Waals surface area contributed by atoms with Gasteiger partial charge in [0, 0.05) is 11.6 Å². The molecule has 0 aromatic carbocycles. The second kappa shape index (κ2) is 6.96. The SMILES string of the molecule is CSCCCCNC(C)c1ccoc1. The Morgan fingerprint density at radius 1 is 1.50 bits per heavy atom. The molecule has 2 nitrogen and oxygen atoms in total. The van der Waals surface area contributed by atoms with Gasteiger partial charge in [-0.2, -0.15) is 11.8 Å². The zero-order valence-electron chi connectivity index (χ0n) is 8.95. The molecule has 0 saturated heterocycles. The summed E-state index contributed by atoms with van der Waals surface area (Å²) in [4.78, 5) is 0. The van der Waals surface area contributed by atoms with Crippen molar-refractivity contribution in [3.8, 4) is 0 Å². The van der Waals surface area contributed by atoms with E-state index in [0.29, 0.717) is 6.04 Å². The summed E-state index contributed by atoms with van der Waals surface area (Å²) in [6, 6.07) is 2.42. The lowest BCUT2D eigenvalue weighted by Crippen LogP contribution is -2.19. The van der Waals surface area contributed by atoms with Crippen LogP contribution in [0.5, 0.6) is 0 Å². The molecule has 0 bridgehead atoms. The Morgan fingerprint density at radius 2 is 2.36 bits per heavy atom. The van der Waals surface area contributed by atoms with Crippen molar-refractivity contribution in [3.63, 3.8) is 0 Å². The van der Waals surface area contributed by atoms with Crippen LogP contribution >= 0.6 is 11.8 Å². The molecule has 14 heavy (non-hydrogen) atoms. The molecule has 1 rings (SSSR count). The summed E-state index contributed by atoms with van der Waals surface area (Å²) in [6.45, 7) is 3.26. The molecule has 0 aliphatic carbocycles. The topological polar surface area (TPSA) is 25.2 Å². The molecule has 80 valence electrons. The monoisotopic (exact) mass is 213 g/mol. The van der Waals surface area contributed by atoms with E-state index in [9.17, 15) is 0 Å². The molecule has 1 N–H and O–H groups in total. The van der Waals surface area contributed by atoms with Crippen LogP contribution in [-0.2, 0) is 0 Å². The molecule has 3 heteroatoms. The molecule has 0 radical (unpaired) electrons. The number of hydrogen-bond donors (Lipinski definition) is 1. The smallest absolute Gasteiger partial charge is 0.0950 e. The largest absolute Gasteiger partial charge is 0.472 e. The van der Waals surface area contributed by atoms with Crippen LogP contribution in [-0.4, -0.2) is 18.6 Å². The second-order valence-corrected chi connectivity index (χ2v) is 4.42. The lowest BCUT2D eigenvalue weighted by atomic mass is 10.2. The third-order valence-electron chi connectivity index (χ3n) is 2.27. The van der Waals surface area contributed by atoms with Gasteiger partial charge in [-0.25, -0.2) is 0 Å². The number of nitrogens with one attached hydrogen (secondary N) is 1. The Kier molecular flexibility index (Phi) is 5.80. The van der Waals surface area contributed by atoms with Crippen molar-refractivity contribution in [2.24, 2.45) is 0 Å². The van der Waals surface area contributed by atoms with Crippen molar-refractivity contribution in [2.75, 3.05) is 18.6 Å². The second-order valence-electron chi connectivity index (χ2n) is 3.43. The fourth-order valence-electron chi connectivity index (χ4n) is 1.33. The van der Waals surface area contributed by atoms with Crippen LogP contribution in [0.2, 0.25) is 0 Å². The zero-order chi connectivity index (χ0) is 10.2. The summed E-state index contributed by atoms with van der Waals surface area (Å²) in [5.41, 5.74) is 1.23. The summed E-state index contributed by atoms with van der Waals surface area (Å²) in [6.07, 6.45) is 8.23. The van der Waals surface area contributed by atoms with Crippen molar-refractivity contribution in [2.45, 2.75) is 25.8 Å². The first-order valence-corrected chi connectivity index (χ1v) is 6.48. The van der Waals surface area contributed by atoms with E-state index >= 15 is 0 Å². The normalized spacial score (nSPS) is 13.0. The maximum absolute atomic E-state index is 5.04. The van der Waals surface area contributed by atoms with E-state index < -0.39 is 0 Å². The number of thioether (sulfide) groups is 1. The molecule has 0 spiro atoms. The number of rotatable bonds is 7. The maximum Gasteiger partial charge on any atom is 0.0950 e. The molecule has 0 saturated carbocycles. The standard InChI is InChI=1S/C11H19NOS/c1-10(11-5-7-13-9-11)12-6-3-4-8-14-2/h5,7,9-10,12H,3-4,6,8H2,1-2H3. The predicted molar refractivity (Wildman–Crippen MR) is 62.7 cm³/mol. The quantitative estimate of drug-likeness (QED) is 0.705. The van der Waals surface area contributed by atoms with Gasteiger partial charge in [0.15, 0.2) is 0 Å². The number of unbranched alkanes of at least 4 members (excludes halogenated alkanes) is 1. The zero-order valence-corrected chi connectivity index (χ0v) is 9.77. The van der Waals surface area contributed by atoms with Crippen LogP contribution in [0.15, 0.2) is 23.0 Å². The van der Waals surface area contributed by atoms with Crippen molar-refractivity contribution in [1.82, 2.24) is 5.32 Å². The minimum atomic E-state index is 0.406. The highest BCUT2D eigenvalue weighted by atomic mass is 32.2. The van der Waals surface area contributed by atoms with Crippen LogP contribution in [0.25, 0.3) is 0 Å². The van der Waals surface area contributed by atoms with Gasteiger partial charge >= 0.3 is 0 Å². The molecule has 1 unspecified atom stereocenters. The number of hydrogen-bond acceptors (Lipinski definition) is 3. The summed E-state index contributed by atoms with van der Waals surface area (Å²) in [5, 5.41) is 3.47. The molecule has 1 heterocycles. The van der Waals surface area contributed by atoms with Crippen LogP contribution in [0, 0.1) is 0 Å². The predicted octanol–water partition coefficient (Wildman–Crippen LogP) is 3.07. The molecular weight excluding hydrogens is 194 g/mol. The van der Waals surface area contributed by atoms with Gasteiger partial charge in [0.25, 0.3) is 0 Å². The molecule has 1 aromatic heterocycles. The van der Waals surface area contributed by atoms with Gasteiger partial charge in [-0.05, 0) is 44.4 Å². The lowest BCUT2D eigenvalue weighted by Gasteiger charge is -2.11. The fraction of sp³-hybridized carbons (Fsp3) is 0.636. The highest BCUT2D eigenvalue weighted by molar-refractivity contribution is 7.98. The van der Waals surface area contributed by atoms with E-state index in [-0.39, 0.29) is 0 Å². The molecule has 0 fully saturated rings. The van der Waals surface area contributed by atoms with Crippen molar-refractivity contribution >= 4 is 11.8 Å². The average molecular weight is 213 g/mol. The van der Waals surface area contributed by atoms with Gasteiger partial charge in [0.2, 0.25) is 0 Å². The van der Waals surface area contributed by atoms with E-state index in [0.717, 1.165) is 6.54 Å². The van der Waals surface area contributed by atoms with Gasteiger partial charge in [-0.1, -0.05) is 0 Å². The van der Waals surface area contributed by atoms with Gasteiger partial charge in [-0.3, -0.25) is 0 Å². The van der Waals surface area contributed by atoms with Gasteiger partial charge in [0.05, 0.1) is 12.5 Å². The van der Waals surface area contributed by atoms with Crippen LogP contribution in [0.3, 0.4) is 0 Å². The lowest BCUT2D eigenvalue weighted by molar-refractivity contribution is 0.531. The third kappa shape index (κ3) is 4.20. The summed E-state index contributed by atoms with van der Waals surface area (Å²) in [7, 11) is 0. The Balaban J connectivity index is 2.07. The minimum Gasteiger partial charge on any atom is -0.472 e. The first-order valence-electron chi connectivity index (χ1n) is 5.09. The van der Waals surface area contributed by atoms with Crippen molar-refractivity contribution in [3.05, 3.63) is 24.2 Å².